The van der Waals surface area contributed by atoms with Crippen molar-refractivity contribution in [1.82, 2.24) is 14.5 Å². The lowest BCUT2D eigenvalue weighted by Gasteiger charge is -2.26. The van der Waals surface area contributed by atoms with Gasteiger partial charge in [-0.15, -0.1) is 10.2 Å². The number of morpholine rings is 1. The van der Waals surface area contributed by atoms with E-state index in [2.05, 4.69) is 20.5 Å². The third-order valence-electron chi connectivity index (χ3n) is 4.20. The predicted octanol–water partition coefficient (Wildman–Crippen LogP) is 2.15. The Hall–Kier alpha value is -2.93. The van der Waals surface area contributed by atoms with Gasteiger partial charge in [-0.05, 0) is 36.4 Å². The summed E-state index contributed by atoms with van der Waals surface area (Å²) in [5, 5.41) is 11.0. The Kier molecular flexibility index (Phi) is 5.99. The topological polar surface area (TPSA) is 127 Å². The maximum absolute atomic E-state index is 12.6. The number of nitrogens with one attached hydrogen (secondary N) is 1. The molecule has 0 atom stereocenters. The van der Waals surface area contributed by atoms with E-state index in [0.717, 1.165) is 11.3 Å². The third-order valence-corrected chi connectivity index (χ3v) is 6.86. The van der Waals surface area contributed by atoms with Crippen LogP contribution in [-0.4, -0.2) is 61.3 Å². The second-order valence-electron chi connectivity index (χ2n) is 6.16. The number of amides is 1. The molecule has 1 amide bonds. The highest BCUT2D eigenvalue weighted by molar-refractivity contribution is 7.89. The monoisotopic (exact) mass is 447 g/mol. The molecular weight excluding hydrogens is 430 g/mol. The van der Waals surface area contributed by atoms with Gasteiger partial charge in [0.05, 0.1) is 30.6 Å². The smallest absolute Gasteiger partial charge is 0.257 e. The van der Waals surface area contributed by atoms with Crippen molar-refractivity contribution in [2.24, 2.45) is 4.99 Å². The Labute approximate surface area is 176 Å². The van der Waals surface area contributed by atoms with E-state index in [9.17, 15) is 13.2 Å². The zero-order valence-corrected chi connectivity index (χ0v) is 17.2. The molecule has 2 aromatic heterocycles. The van der Waals surface area contributed by atoms with Crippen LogP contribution in [0.2, 0.25) is 0 Å². The van der Waals surface area contributed by atoms with Crippen LogP contribution >= 0.6 is 11.3 Å². The average Bonchev–Trinajstić information content (AvgIpc) is 3.45. The van der Waals surface area contributed by atoms with E-state index in [-0.39, 0.29) is 10.0 Å². The second-order valence-corrected chi connectivity index (χ2v) is 9.05. The maximum Gasteiger partial charge on any atom is 0.257 e. The number of hydrogen-bond donors (Lipinski definition) is 1. The van der Waals surface area contributed by atoms with E-state index < -0.39 is 15.9 Å². The Morgan fingerprint density at radius 1 is 1.17 bits per heavy atom. The van der Waals surface area contributed by atoms with Crippen molar-refractivity contribution in [3.8, 4) is 0 Å². The molecule has 10 nitrogen and oxygen atoms in total. The zero-order chi connectivity index (χ0) is 21.0. The van der Waals surface area contributed by atoms with Gasteiger partial charge in [0.2, 0.25) is 20.3 Å². The molecule has 1 saturated heterocycles. The summed E-state index contributed by atoms with van der Waals surface area (Å²) in [6.45, 7) is 1.36. The number of hydrogen-bond acceptors (Lipinski definition) is 9. The van der Waals surface area contributed by atoms with Gasteiger partial charge in [-0.25, -0.2) is 13.4 Å². The molecule has 4 rings (SSSR count). The first kappa shape index (κ1) is 20.3. The molecule has 156 valence electrons. The van der Waals surface area contributed by atoms with E-state index in [0.29, 0.717) is 42.8 Å². The van der Waals surface area contributed by atoms with Crippen molar-refractivity contribution in [3.05, 3.63) is 54.0 Å². The largest absolute Gasteiger partial charge is 0.463 e. The Morgan fingerprint density at radius 3 is 2.63 bits per heavy atom. The third kappa shape index (κ3) is 4.62. The van der Waals surface area contributed by atoms with Crippen LogP contribution < -0.4 is 5.32 Å². The molecular formula is C18H17N5O5S2. The normalized spacial score (nSPS) is 15.5. The van der Waals surface area contributed by atoms with Crippen LogP contribution in [0.1, 0.15) is 16.1 Å². The number of carbonyl (C=O) groups excluding carboxylic acids is 1. The minimum atomic E-state index is -3.61. The fraction of sp³-hybridized carbons (Fsp3) is 0.222. The minimum Gasteiger partial charge on any atom is -0.463 e. The molecule has 0 saturated carbocycles. The summed E-state index contributed by atoms with van der Waals surface area (Å²) in [4.78, 5) is 16.7. The summed E-state index contributed by atoms with van der Waals surface area (Å²) >= 11 is 1.10. The molecule has 0 spiro atoms. The van der Waals surface area contributed by atoms with Crippen molar-refractivity contribution < 1.29 is 22.4 Å². The fourth-order valence-corrected chi connectivity index (χ4v) is 4.68. The lowest BCUT2D eigenvalue weighted by molar-refractivity contribution is 0.0730. The lowest BCUT2D eigenvalue weighted by atomic mass is 10.2. The minimum absolute atomic E-state index is 0.131. The fourth-order valence-electron chi connectivity index (χ4n) is 2.69. The van der Waals surface area contributed by atoms with Crippen molar-refractivity contribution in [1.29, 1.82) is 0 Å². The molecule has 0 aliphatic carbocycles. The van der Waals surface area contributed by atoms with Gasteiger partial charge in [-0.1, -0.05) is 11.3 Å². The predicted molar refractivity (Wildman–Crippen MR) is 110 cm³/mol. The SMILES string of the molecule is O=C(Nc1nnc(/N=C/c2ccco2)s1)c1ccc(S(=O)(=O)N2CCOCC2)cc1. The van der Waals surface area contributed by atoms with Crippen LogP contribution in [0.3, 0.4) is 0 Å². The van der Waals surface area contributed by atoms with E-state index in [1.807, 2.05) is 0 Å². The van der Waals surface area contributed by atoms with Gasteiger partial charge >= 0.3 is 0 Å². The summed E-state index contributed by atoms with van der Waals surface area (Å²) in [5.74, 6) is 0.144. The molecule has 12 heteroatoms. The maximum atomic E-state index is 12.6. The summed E-state index contributed by atoms with van der Waals surface area (Å²) in [6.07, 6.45) is 3.03. The molecule has 1 aromatic carbocycles. The van der Waals surface area contributed by atoms with Crippen molar-refractivity contribution in [2.45, 2.75) is 4.90 Å². The van der Waals surface area contributed by atoms with Crippen molar-refractivity contribution in [2.75, 3.05) is 31.6 Å². The number of furan rings is 1. The number of aromatic nitrogens is 2. The van der Waals surface area contributed by atoms with Gasteiger partial charge < -0.3 is 9.15 Å². The molecule has 1 N–H and O–H groups in total. The number of sulfonamides is 1. The summed E-state index contributed by atoms with van der Waals surface area (Å²) in [5.41, 5.74) is 0.298. The van der Waals surface area contributed by atoms with Gasteiger partial charge in [0.1, 0.15) is 5.76 Å². The Bertz CT molecular complexity index is 1130. The van der Waals surface area contributed by atoms with Gasteiger partial charge in [0.15, 0.2) is 0 Å². The number of carbonyl (C=O) groups is 1. The number of rotatable bonds is 6. The van der Waals surface area contributed by atoms with Crippen molar-refractivity contribution in [3.63, 3.8) is 0 Å². The highest BCUT2D eigenvalue weighted by Crippen LogP contribution is 2.24. The van der Waals surface area contributed by atoms with Crippen molar-refractivity contribution >= 4 is 43.7 Å². The average molecular weight is 447 g/mol. The van der Waals surface area contributed by atoms with Crippen LogP contribution in [0.15, 0.2) is 57.0 Å². The molecule has 30 heavy (non-hydrogen) atoms. The molecule has 3 heterocycles. The molecule has 1 fully saturated rings. The number of aliphatic imine (C=N–C) groups is 1. The van der Waals surface area contributed by atoms with Gasteiger partial charge in [0, 0.05) is 18.7 Å². The number of ether oxygens (including phenoxy) is 1. The summed E-state index contributed by atoms with van der Waals surface area (Å²) in [7, 11) is -3.61. The van der Waals surface area contributed by atoms with E-state index >= 15 is 0 Å². The van der Waals surface area contributed by atoms with Gasteiger partial charge in [-0.2, -0.15) is 4.31 Å². The zero-order valence-electron chi connectivity index (χ0n) is 15.6. The summed E-state index contributed by atoms with van der Waals surface area (Å²) < 4.78 is 37.0. The van der Waals surface area contributed by atoms with E-state index in [4.69, 9.17) is 9.15 Å². The quantitative estimate of drug-likeness (QED) is 0.574. The second kappa shape index (κ2) is 8.83. The highest BCUT2D eigenvalue weighted by Gasteiger charge is 2.26. The standard InChI is InChI=1S/C18H17N5O5S2/c24-16(20-18-22-21-17(29-18)19-12-14-2-1-9-28-14)13-3-5-15(6-4-13)30(25,26)23-7-10-27-11-8-23/h1-6,9,12H,7-8,10-11H2,(H,20,22,24)/b19-12+. The molecule has 3 aromatic rings. The van der Waals surface area contributed by atoms with Crippen LogP contribution in [0, 0.1) is 0 Å². The Balaban J connectivity index is 1.40. The van der Waals surface area contributed by atoms with E-state index in [1.54, 1.807) is 12.1 Å². The van der Waals surface area contributed by atoms with Gasteiger partial charge in [-0.3, -0.25) is 10.1 Å². The van der Waals surface area contributed by atoms with Crippen LogP contribution in [0.25, 0.3) is 0 Å². The first-order valence-corrected chi connectivity index (χ1v) is 11.2. The number of benzene rings is 1. The first-order chi connectivity index (χ1) is 14.5. The first-order valence-electron chi connectivity index (χ1n) is 8.93. The molecule has 0 radical (unpaired) electrons. The van der Waals surface area contributed by atoms with E-state index in [1.165, 1.54) is 41.0 Å². The summed E-state index contributed by atoms with van der Waals surface area (Å²) in [6, 6.07) is 9.23. The number of nitrogens with zero attached hydrogens (tertiary/aromatic N) is 4. The molecule has 1 aliphatic heterocycles. The Morgan fingerprint density at radius 2 is 1.93 bits per heavy atom. The number of anilines is 1. The van der Waals surface area contributed by atoms with Crippen LogP contribution in [0.5, 0.6) is 0 Å². The van der Waals surface area contributed by atoms with Gasteiger partial charge in [0.25, 0.3) is 5.91 Å². The highest BCUT2D eigenvalue weighted by atomic mass is 32.2. The molecule has 0 bridgehead atoms. The molecule has 0 unspecified atom stereocenters. The lowest BCUT2D eigenvalue weighted by Crippen LogP contribution is -2.40. The van der Waals surface area contributed by atoms with Crippen LogP contribution in [0.4, 0.5) is 10.3 Å². The molecule has 1 aliphatic rings. The van der Waals surface area contributed by atoms with Crippen LogP contribution in [-0.2, 0) is 14.8 Å².